The number of nitrogens with one attached hydrogen (secondary N) is 1. The summed E-state index contributed by atoms with van der Waals surface area (Å²) in [6.07, 6.45) is 2.06. The summed E-state index contributed by atoms with van der Waals surface area (Å²) in [6, 6.07) is 3.52. The first-order valence-electron chi connectivity index (χ1n) is 5.24. The molecule has 0 aliphatic carbocycles. The predicted molar refractivity (Wildman–Crippen MR) is 72.9 cm³/mol. The van der Waals surface area contributed by atoms with Gasteiger partial charge in [0.1, 0.15) is 0 Å². The number of fused-ring (bicyclic) bond motifs is 1. The number of benzene rings is 1. The maximum absolute atomic E-state index is 11.1. The van der Waals surface area contributed by atoms with Crippen LogP contribution in [0.5, 0.6) is 0 Å². The second-order valence-corrected chi connectivity index (χ2v) is 4.82. The fraction of sp³-hybridized carbons (Fsp3) is 0.364. The minimum absolute atomic E-state index is 0.455. The van der Waals surface area contributed by atoms with Crippen LogP contribution in [0.15, 0.2) is 21.3 Å². The summed E-state index contributed by atoms with van der Waals surface area (Å²) in [5.74, 6) is 0.568. The van der Waals surface area contributed by atoms with Gasteiger partial charge in [-0.05, 0) is 12.3 Å². The molecule has 1 heterocycles. The van der Waals surface area contributed by atoms with E-state index < -0.39 is 5.76 Å². The fourth-order valence-electron chi connectivity index (χ4n) is 1.68. The molecular formula is C11H15N3O2S. The molecule has 0 unspecified atom stereocenters. The molecule has 6 heteroatoms. The fourth-order valence-corrected chi connectivity index (χ4v) is 2.14. The van der Waals surface area contributed by atoms with E-state index in [1.165, 1.54) is 0 Å². The maximum Gasteiger partial charge on any atom is 0.417 e. The van der Waals surface area contributed by atoms with Crippen LogP contribution >= 0.6 is 11.8 Å². The monoisotopic (exact) mass is 253 g/mol. The van der Waals surface area contributed by atoms with Crippen LogP contribution in [0, 0.1) is 0 Å². The van der Waals surface area contributed by atoms with Gasteiger partial charge in [0.05, 0.1) is 16.9 Å². The van der Waals surface area contributed by atoms with Crippen molar-refractivity contribution < 1.29 is 4.42 Å². The lowest BCUT2D eigenvalue weighted by Crippen LogP contribution is -2.21. The number of nitrogens with two attached hydrogens (primary N) is 1. The minimum atomic E-state index is -0.455. The predicted octanol–water partition coefficient (Wildman–Crippen LogP) is 1.50. The molecule has 0 amide bonds. The second-order valence-electron chi connectivity index (χ2n) is 3.84. The molecule has 1 aromatic heterocycles. The molecule has 0 saturated carbocycles. The van der Waals surface area contributed by atoms with Gasteiger partial charge >= 0.3 is 5.76 Å². The third kappa shape index (κ3) is 2.41. The topological polar surface area (TPSA) is 75.3 Å². The van der Waals surface area contributed by atoms with Crippen LogP contribution in [0.3, 0.4) is 0 Å². The molecule has 0 fully saturated rings. The standard InChI is InChI=1S/C11H15N3O2S/c1-14(3-4-17-2)9-6-8-10(5-7(9)12)16-11(15)13-8/h5-6H,3-4,12H2,1-2H3,(H,13,15). The van der Waals surface area contributed by atoms with Crippen molar-refractivity contribution in [3.05, 3.63) is 22.7 Å². The number of hydrogen-bond acceptors (Lipinski definition) is 5. The molecule has 0 saturated heterocycles. The van der Waals surface area contributed by atoms with Gasteiger partial charge in [-0.2, -0.15) is 11.8 Å². The Morgan fingerprint density at radius 1 is 1.53 bits per heavy atom. The number of H-pyrrole nitrogens is 1. The van der Waals surface area contributed by atoms with Crippen LogP contribution < -0.4 is 16.4 Å². The van der Waals surface area contributed by atoms with Gasteiger partial charge in [-0.1, -0.05) is 0 Å². The SMILES string of the molecule is CSCCN(C)c1cc2[nH]c(=O)oc2cc1N. The van der Waals surface area contributed by atoms with E-state index in [4.69, 9.17) is 10.2 Å². The largest absolute Gasteiger partial charge is 0.417 e. The molecular weight excluding hydrogens is 238 g/mol. The van der Waals surface area contributed by atoms with E-state index in [-0.39, 0.29) is 0 Å². The summed E-state index contributed by atoms with van der Waals surface area (Å²) < 4.78 is 4.95. The van der Waals surface area contributed by atoms with Crippen LogP contribution in [0.1, 0.15) is 0 Å². The van der Waals surface area contributed by atoms with Crippen molar-refractivity contribution >= 4 is 34.2 Å². The van der Waals surface area contributed by atoms with Gasteiger partial charge in [0, 0.05) is 25.4 Å². The second kappa shape index (κ2) is 4.75. The lowest BCUT2D eigenvalue weighted by atomic mass is 10.2. The zero-order valence-electron chi connectivity index (χ0n) is 9.82. The zero-order chi connectivity index (χ0) is 12.4. The highest BCUT2D eigenvalue weighted by atomic mass is 32.2. The molecule has 92 valence electrons. The summed E-state index contributed by atoms with van der Waals surface area (Å²) in [5.41, 5.74) is 8.64. The highest BCUT2D eigenvalue weighted by Gasteiger charge is 2.09. The summed E-state index contributed by atoms with van der Waals surface area (Å²) in [4.78, 5) is 15.8. The Bertz CT molecular complexity index is 576. The van der Waals surface area contributed by atoms with Crippen molar-refractivity contribution in [1.82, 2.24) is 4.98 Å². The first kappa shape index (κ1) is 11.9. The molecule has 0 bridgehead atoms. The Labute approximate surface area is 103 Å². The Balaban J connectivity index is 2.39. The van der Waals surface area contributed by atoms with Gasteiger partial charge in [0.2, 0.25) is 0 Å². The van der Waals surface area contributed by atoms with E-state index in [0.717, 1.165) is 18.0 Å². The number of hydrogen-bond donors (Lipinski definition) is 2. The van der Waals surface area contributed by atoms with E-state index in [1.54, 1.807) is 17.8 Å². The normalized spacial score (nSPS) is 10.9. The first-order valence-corrected chi connectivity index (χ1v) is 6.63. The van der Waals surface area contributed by atoms with Crippen LogP contribution in [0.25, 0.3) is 11.1 Å². The Morgan fingerprint density at radius 3 is 3.00 bits per heavy atom. The van der Waals surface area contributed by atoms with Gasteiger partial charge in [-0.25, -0.2) is 4.79 Å². The van der Waals surface area contributed by atoms with Crippen LogP contribution in [0.2, 0.25) is 0 Å². The summed E-state index contributed by atoms with van der Waals surface area (Å²) in [5, 5.41) is 0. The number of aromatic nitrogens is 1. The summed E-state index contributed by atoms with van der Waals surface area (Å²) in [6.45, 7) is 0.902. The van der Waals surface area contributed by atoms with Crippen LogP contribution in [-0.4, -0.2) is 30.6 Å². The zero-order valence-corrected chi connectivity index (χ0v) is 10.6. The molecule has 2 aromatic rings. The molecule has 3 N–H and O–H groups in total. The minimum Gasteiger partial charge on any atom is -0.408 e. The Morgan fingerprint density at radius 2 is 2.29 bits per heavy atom. The summed E-state index contributed by atoms with van der Waals surface area (Å²) >= 11 is 1.78. The molecule has 0 spiro atoms. The molecule has 5 nitrogen and oxygen atoms in total. The van der Waals surface area contributed by atoms with E-state index >= 15 is 0 Å². The van der Waals surface area contributed by atoms with Crippen LogP contribution in [0.4, 0.5) is 11.4 Å². The van der Waals surface area contributed by atoms with Crippen molar-refractivity contribution in [1.29, 1.82) is 0 Å². The third-order valence-electron chi connectivity index (χ3n) is 2.61. The van der Waals surface area contributed by atoms with Crippen molar-refractivity contribution in [2.24, 2.45) is 0 Å². The Kier molecular flexibility index (Phi) is 3.33. The van der Waals surface area contributed by atoms with E-state index in [9.17, 15) is 4.79 Å². The van der Waals surface area contributed by atoms with Crippen molar-refractivity contribution in [3.8, 4) is 0 Å². The van der Waals surface area contributed by atoms with Gasteiger partial charge in [-0.3, -0.25) is 4.98 Å². The molecule has 2 rings (SSSR count). The molecule has 0 atom stereocenters. The summed E-state index contributed by atoms with van der Waals surface area (Å²) in [7, 11) is 1.98. The van der Waals surface area contributed by atoms with Gasteiger partial charge in [0.25, 0.3) is 0 Å². The maximum atomic E-state index is 11.1. The number of anilines is 2. The quantitative estimate of drug-likeness (QED) is 0.808. The highest BCUT2D eigenvalue weighted by Crippen LogP contribution is 2.27. The molecule has 0 radical (unpaired) electrons. The third-order valence-corrected chi connectivity index (χ3v) is 3.20. The van der Waals surface area contributed by atoms with Gasteiger partial charge in [-0.15, -0.1) is 0 Å². The van der Waals surface area contributed by atoms with Gasteiger partial charge < -0.3 is 15.1 Å². The number of oxazole rings is 1. The average molecular weight is 253 g/mol. The van der Waals surface area contributed by atoms with Crippen LogP contribution in [-0.2, 0) is 0 Å². The smallest absolute Gasteiger partial charge is 0.408 e. The molecule has 0 aliphatic rings. The molecule has 17 heavy (non-hydrogen) atoms. The first-order chi connectivity index (χ1) is 8.11. The highest BCUT2D eigenvalue weighted by molar-refractivity contribution is 7.98. The van der Waals surface area contributed by atoms with E-state index in [1.807, 2.05) is 13.1 Å². The number of nitrogens with zero attached hydrogens (tertiary/aromatic N) is 1. The van der Waals surface area contributed by atoms with Crippen molar-refractivity contribution in [2.45, 2.75) is 0 Å². The number of thioether (sulfide) groups is 1. The lowest BCUT2D eigenvalue weighted by Gasteiger charge is -2.20. The lowest BCUT2D eigenvalue weighted by molar-refractivity contribution is 0.555. The van der Waals surface area contributed by atoms with E-state index in [2.05, 4.69) is 16.1 Å². The molecule has 0 aliphatic heterocycles. The average Bonchev–Trinajstić information content (AvgIpc) is 2.64. The van der Waals surface area contributed by atoms with E-state index in [0.29, 0.717) is 16.8 Å². The van der Waals surface area contributed by atoms with Crippen molar-refractivity contribution in [3.63, 3.8) is 0 Å². The Hall–Kier alpha value is -1.56. The van der Waals surface area contributed by atoms with Crippen molar-refractivity contribution in [2.75, 3.05) is 36.2 Å². The van der Waals surface area contributed by atoms with Gasteiger partial charge in [0.15, 0.2) is 5.58 Å². The number of aromatic amines is 1. The number of rotatable bonds is 4. The molecule has 1 aromatic carbocycles. The number of nitrogen functional groups attached to an aromatic ring is 1.